The maximum Gasteiger partial charge on any atom is 0.159 e. The molecule has 2 heteroatoms. The van der Waals surface area contributed by atoms with Gasteiger partial charge in [0.1, 0.15) is 0 Å². The summed E-state index contributed by atoms with van der Waals surface area (Å²) in [6, 6.07) is 2.01. The Morgan fingerprint density at radius 3 is 3.00 bits per heavy atom. The van der Waals surface area contributed by atoms with E-state index in [1.54, 1.807) is 12.2 Å². The number of allylic oxidation sites excluding steroid dienone is 6. The molecule has 12 heavy (non-hydrogen) atoms. The lowest BCUT2D eigenvalue weighted by atomic mass is 10.1. The van der Waals surface area contributed by atoms with E-state index >= 15 is 0 Å². The van der Waals surface area contributed by atoms with Crippen LogP contribution in [0.25, 0.3) is 0 Å². The van der Waals surface area contributed by atoms with Gasteiger partial charge in [-0.2, -0.15) is 5.26 Å². The first-order valence-corrected chi connectivity index (χ1v) is 3.73. The van der Waals surface area contributed by atoms with Gasteiger partial charge in [0.2, 0.25) is 0 Å². The predicted molar refractivity (Wildman–Crippen MR) is 46.2 cm³/mol. The molecule has 0 amide bonds. The molecule has 0 saturated carbocycles. The van der Waals surface area contributed by atoms with Crippen molar-refractivity contribution in [1.29, 1.82) is 5.26 Å². The number of carbonyl (C=O) groups excluding carboxylic acids is 1. The van der Waals surface area contributed by atoms with Crippen molar-refractivity contribution in [3.8, 4) is 6.07 Å². The third-order valence-electron chi connectivity index (χ3n) is 1.62. The topological polar surface area (TPSA) is 40.9 Å². The number of Topliss-reactive ketones (excluding diaryl/α,β-unsaturated/α-hetero) is 1. The fraction of sp³-hybridized carbons (Fsp3) is 0.200. The summed E-state index contributed by atoms with van der Waals surface area (Å²) in [5.41, 5.74) is 1.16. The molecule has 0 radical (unpaired) electrons. The van der Waals surface area contributed by atoms with Crippen LogP contribution in [0, 0.1) is 11.3 Å². The van der Waals surface area contributed by atoms with Crippen molar-refractivity contribution in [2.45, 2.75) is 13.3 Å². The molecule has 0 N–H and O–H groups in total. The SMILES string of the molecule is CC(=O)C1=CCC=CC(C#N)=C1. The first-order chi connectivity index (χ1) is 5.74. The van der Waals surface area contributed by atoms with Crippen LogP contribution in [0.3, 0.4) is 0 Å². The smallest absolute Gasteiger partial charge is 0.159 e. The Labute approximate surface area is 71.5 Å². The largest absolute Gasteiger partial charge is 0.295 e. The van der Waals surface area contributed by atoms with Gasteiger partial charge in [0.05, 0.1) is 11.6 Å². The van der Waals surface area contributed by atoms with Crippen molar-refractivity contribution in [1.82, 2.24) is 0 Å². The summed E-state index contributed by atoms with van der Waals surface area (Å²) in [7, 11) is 0. The summed E-state index contributed by atoms with van der Waals surface area (Å²) in [6.07, 6.45) is 7.75. The highest BCUT2D eigenvalue weighted by Gasteiger charge is 2.02. The lowest BCUT2D eigenvalue weighted by molar-refractivity contribution is -0.113. The minimum absolute atomic E-state index is 0.00597. The van der Waals surface area contributed by atoms with Gasteiger partial charge in [-0.3, -0.25) is 4.79 Å². The molecule has 0 atom stereocenters. The highest BCUT2D eigenvalue weighted by atomic mass is 16.1. The van der Waals surface area contributed by atoms with Crippen molar-refractivity contribution in [3.05, 3.63) is 35.5 Å². The van der Waals surface area contributed by atoms with E-state index < -0.39 is 0 Å². The first-order valence-electron chi connectivity index (χ1n) is 3.73. The van der Waals surface area contributed by atoms with Crippen molar-refractivity contribution >= 4 is 5.78 Å². The van der Waals surface area contributed by atoms with Crippen LogP contribution in [0.1, 0.15) is 13.3 Å². The Morgan fingerprint density at radius 1 is 1.67 bits per heavy atom. The van der Waals surface area contributed by atoms with Gasteiger partial charge < -0.3 is 0 Å². The summed E-state index contributed by atoms with van der Waals surface area (Å²) in [5.74, 6) is 0.00597. The maximum atomic E-state index is 11.0. The fourth-order valence-corrected chi connectivity index (χ4v) is 0.979. The molecule has 0 unspecified atom stereocenters. The van der Waals surface area contributed by atoms with Gasteiger partial charge in [-0.1, -0.05) is 12.2 Å². The quantitative estimate of drug-likeness (QED) is 0.586. The van der Waals surface area contributed by atoms with E-state index in [1.807, 2.05) is 18.2 Å². The molecule has 0 heterocycles. The normalized spacial score (nSPS) is 15.7. The van der Waals surface area contributed by atoms with Crippen LogP contribution in [-0.2, 0) is 4.79 Å². The van der Waals surface area contributed by atoms with Gasteiger partial charge >= 0.3 is 0 Å². The Morgan fingerprint density at radius 2 is 2.42 bits per heavy atom. The number of rotatable bonds is 1. The number of carbonyl (C=O) groups is 1. The second-order valence-corrected chi connectivity index (χ2v) is 2.57. The van der Waals surface area contributed by atoms with Crippen LogP contribution < -0.4 is 0 Å². The van der Waals surface area contributed by atoms with Crippen molar-refractivity contribution in [2.75, 3.05) is 0 Å². The van der Waals surface area contributed by atoms with Crippen molar-refractivity contribution in [2.24, 2.45) is 0 Å². The predicted octanol–water partition coefficient (Wildman–Crippen LogP) is 1.91. The van der Waals surface area contributed by atoms with Crippen LogP contribution in [0.15, 0.2) is 35.5 Å². The lowest BCUT2D eigenvalue weighted by Crippen LogP contribution is -1.92. The second kappa shape index (κ2) is 3.68. The zero-order valence-corrected chi connectivity index (χ0v) is 6.87. The van der Waals surface area contributed by atoms with E-state index in [2.05, 4.69) is 0 Å². The first kappa shape index (κ1) is 8.48. The maximum absolute atomic E-state index is 11.0. The lowest BCUT2D eigenvalue weighted by Gasteiger charge is -1.92. The Bertz CT molecular complexity index is 326. The van der Waals surface area contributed by atoms with E-state index in [-0.39, 0.29) is 5.78 Å². The third-order valence-corrected chi connectivity index (χ3v) is 1.62. The van der Waals surface area contributed by atoms with E-state index in [1.165, 1.54) is 6.92 Å². The van der Waals surface area contributed by atoms with Crippen LogP contribution in [0.5, 0.6) is 0 Å². The highest BCUT2D eigenvalue weighted by Crippen LogP contribution is 2.10. The Hall–Kier alpha value is -1.62. The molecule has 2 nitrogen and oxygen atoms in total. The second-order valence-electron chi connectivity index (χ2n) is 2.57. The number of hydrogen-bond donors (Lipinski definition) is 0. The average molecular weight is 159 g/mol. The summed E-state index contributed by atoms with van der Waals surface area (Å²) >= 11 is 0. The van der Waals surface area contributed by atoms with E-state index in [4.69, 9.17) is 5.26 Å². The summed E-state index contributed by atoms with van der Waals surface area (Å²) in [6.45, 7) is 1.50. The van der Waals surface area contributed by atoms with Gasteiger partial charge in [0, 0.05) is 5.57 Å². The summed E-state index contributed by atoms with van der Waals surface area (Å²) in [5, 5.41) is 8.61. The molecule has 0 aliphatic heterocycles. The highest BCUT2D eigenvalue weighted by molar-refractivity contribution is 5.96. The molecule has 0 aromatic rings. The van der Waals surface area contributed by atoms with Crippen molar-refractivity contribution < 1.29 is 4.79 Å². The minimum atomic E-state index is 0.00597. The van der Waals surface area contributed by atoms with E-state index in [0.29, 0.717) is 11.1 Å². The molecule has 60 valence electrons. The molecule has 0 aromatic heterocycles. The average Bonchev–Trinajstić information content (AvgIpc) is 2.28. The zero-order valence-electron chi connectivity index (χ0n) is 6.87. The van der Waals surface area contributed by atoms with Crippen LogP contribution >= 0.6 is 0 Å². The van der Waals surface area contributed by atoms with E-state index in [9.17, 15) is 4.79 Å². The molecule has 1 aliphatic rings. The monoisotopic (exact) mass is 159 g/mol. The number of nitriles is 1. The zero-order chi connectivity index (χ0) is 8.97. The van der Waals surface area contributed by atoms with Crippen LogP contribution in [0.4, 0.5) is 0 Å². The molecule has 0 bridgehead atoms. The molecule has 1 rings (SSSR count). The molecule has 0 saturated heterocycles. The van der Waals surface area contributed by atoms with Crippen LogP contribution in [0.2, 0.25) is 0 Å². The number of hydrogen-bond acceptors (Lipinski definition) is 2. The molecule has 0 fully saturated rings. The molecule has 0 aromatic carbocycles. The van der Waals surface area contributed by atoms with Crippen molar-refractivity contribution in [3.63, 3.8) is 0 Å². The molecule has 0 spiro atoms. The minimum Gasteiger partial charge on any atom is -0.295 e. The Kier molecular flexibility index (Phi) is 2.60. The van der Waals surface area contributed by atoms with Gasteiger partial charge in [-0.25, -0.2) is 0 Å². The standard InChI is InChI=1S/C10H9NO/c1-8(12)10-5-3-2-4-9(6-10)7-11/h2,4-6H,3H2,1H3. The Balaban J connectivity index is 3.00. The van der Waals surface area contributed by atoms with E-state index in [0.717, 1.165) is 6.42 Å². The summed E-state index contributed by atoms with van der Waals surface area (Å²) < 4.78 is 0. The van der Waals surface area contributed by atoms with Gasteiger partial charge in [0.25, 0.3) is 0 Å². The third kappa shape index (κ3) is 1.93. The molecule has 1 aliphatic carbocycles. The van der Waals surface area contributed by atoms with Crippen LogP contribution in [-0.4, -0.2) is 5.78 Å². The fourth-order valence-electron chi connectivity index (χ4n) is 0.979. The summed E-state index contributed by atoms with van der Waals surface area (Å²) in [4.78, 5) is 11.0. The molecular formula is C10H9NO. The van der Waals surface area contributed by atoms with Gasteiger partial charge in [-0.05, 0) is 25.5 Å². The molecular weight excluding hydrogens is 150 g/mol. The number of ketones is 1. The number of nitrogens with zero attached hydrogens (tertiary/aromatic N) is 1. The van der Waals surface area contributed by atoms with Gasteiger partial charge in [-0.15, -0.1) is 0 Å². The van der Waals surface area contributed by atoms with Gasteiger partial charge in [0.15, 0.2) is 5.78 Å².